The minimum Gasteiger partial charge on any atom is -0.455 e. The molecule has 3 fully saturated rings. The zero-order chi connectivity index (χ0) is 43.4. The van der Waals surface area contributed by atoms with E-state index in [0.717, 1.165) is 94.0 Å². The number of unbranched alkanes of at least 4 members (excludes halogenated alkanes) is 1. The van der Waals surface area contributed by atoms with Crippen LogP contribution in [0.3, 0.4) is 0 Å². The zero-order valence-electron chi connectivity index (χ0n) is 35.5. The van der Waals surface area contributed by atoms with E-state index in [2.05, 4.69) is 26.6 Å². The molecule has 4 heterocycles. The fourth-order valence-electron chi connectivity index (χ4n) is 9.96. The van der Waals surface area contributed by atoms with Crippen molar-refractivity contribution in [1.29, 1.82) is 0 Å². The molecule has 1 saturated heterocycles. The van der Waals surface area contributed by atoms with E-state index < -0.39 is 34.1 Å². The van der Waals surface area contributed by atoms with Gasteiger partial charge in [0.05, 0.1) is 51.3 Å². The van der Waals surface area contributed by atoms with Crippen molar-refractivity contribution in [3.05, 3.63) is 47.5 Å². The number of carbonyl (C=O) groups excluding carboxylic acids is 4. The first kappa shape index (κ1) is 43.3. The number of hydrogen-bond acceptors (Lipinski definition) is 13. The van der Waals surface area contributed by atoms with Gasteiger partial charge in [-0.05, 0) is 98.6 Å². The van der Waals surface area contributed by atoms with E-state index in [1.807, 2.05) is 11.0 Å². The van der Waals surface area contributed by atoms with Gasteiger partial charge in [-0.1, -0.05) is 37.8 Å². The Balaban J connectivity index is 0.840. The standard InChI is InChI=1S/C44H58N8O9S/c1-59-43(55)50-38(26-10-3-4-11-26)41(53)45-20-8-7-15-37-46-24-30(48-37)28-17-19-35-34(22-28)61-33-18-16-29(23-36(33)62(35,57)58)31-25-47-40(49-31)32-14-9-21-52(32)42(54)39(51-44(56)60-2)27-12-5-6-13-27/h16-19,22-23,26-27,30-32,38-39H,3-15,20-21,24-25H2,1-2H3,(H,45,53)(H,46,48)(H,47,49)(H,50,55)(H,51,56)/t30?,31?,32-,38-,39-/m0/s1. The van der Waals surface area contributed by atoms with Crippen molar-refractivity contribution >= 4 is 45.5 Å². The molecule has 18 heteroatoms. The van der Waals surface area contributed by atoms with Crippen LogP contribution in [0.4, 0.5) is 9.59 Å². The van der Waals surface area contributed by atoms with Gasteiger partial charge in [0.25, 0.3) is 0 Å². The van der Waals surface area contributed by atoms with Crippen molar-refractivity contribution < 1.29 is 41.8 Å². The smallest absolute Gasteiger partial charge is 0.407 e. The van der Waals surface area contributed by atoms with Crippen molar-refractivity contribution in [2.75, 3.05) is 40.4 Å². The van der Waals surface area contributed by atoms with Crippen LogP contribution in [0.1, 0.15) is 107 Å². The van der Waals surface area contributed by atoms with Crippen LogP contribution in [0.5, 0.6) is 11.5 Å². The molecule has 0 bridgehead atoms. The first-order valence-corrected chi connectivity index (χ1v) is 23.6. The second-order valence-electron chi connectivity index (χ2n) is 17.2. The lowest BCUT2D eigenvalue weighted by Gasteiger charge is -2.32. The van der Waals surface area contributed by atoms with Gasteiger partial charge < -0.3 is 45.7 Å². The number of amidine groups is 2. The van der Waals surface area contributed by atoms with Gasteiger partial charge >= 0.3 is 12.2 Å². The van der Waals surface area contributed by atoms with Crippen LogP contribution in [0, 0.1) is 11.8 Å². The Bertz CT molecular complexity index is 2200. The quantitative estimate of drug-likeness (QED) is 0.138. The molecule has 0 radical (unpaired) electrons. The molecular formula is C44H58N8O9S. The number of amides is 4. The number of sulfone groups is 1. The molecule has 6 aliphatic rings. The van der Waals surface area contributed by atoms with Gasteiger partial charge in [0, 0.05) is 19.5 Å². The van der Waals surface area contributed by atoms with Gasteiger partial charge in [-0.25, -0.2) is 18.0 Å². The molecule has 0 aromatic heterocycles. The summed E-state index contributed by atoms with van der Waals surface area (Å²) in [5.74, 6) is 1.92. The third kappa shape index (κ3) is 9.20. The van der Waals surface area contributed by atoms with Gasteiger partial charge in [-0.15, -0.1) is 0 Å². The summed E-state index contributed by atoms with van der Waals surface area (Å²) in [6, 6.07) is 8.40. The lowest BCUT2D eigenvalue weighted by molar-refractivity contribution is -0.134. The number of benzene rings is 2. The fourth-order valence-corrected chi connectivity index (χ4v) is 11.5. The summed E-state index contributed by atoms with van der Waals surface area (Å²) in [5, 5.41) is 15.5. The van der Waals surface area contributed by atoms with Crippen LogP contribution in [-0.2, 0) is 28.9 Å². The maximum Gasteiger partial charge on any atom is 0.407 e. The number of ether oxygens (including phenoxy) is 3. The monoisotopic (exact) mass is 874 g/mol. The number of methoxy groups -OCH3 is 2. The third-order valence-electron chi connectivity index (χ3n) is 13.3. The average molecular weight is 875 g/mol. The molecule has 2 aliphatic carbocycles. The zero-order valence-corrected chi connectivity index (χ0v) is 36.3. The third-order valence-corrected chi connectivity index (χ3v) is 15.1. The molecule has 0 spiro atoms. The minimum atomic E-state index is -3.92. The second kappa shape index (κ2) is 18.9. The summed E-state index contributed by atoms with van der Waals surface area (Å²) in [7, 11) is -1.33. The van der Waals surface area contributed by atoms with Crippen LogP contribution < -0.4 is 31.3 Å². The van der Waals surface area contributed by atoms with E-state index in [9.17, 15) is 27.6 Å². The topological polar surface area (TPSA) is 218 Å². The molecule has 2 aromatic carbocycles. The lowest BCUT2D eigenvalue weighted by Crippen LogP contribution is -2.55. The van der Waals surface area contributed by atoms with E-state index in [1.165, 1.54) is 14.2 Å². The molecule has 4 amide bonds. The van der Waals surface area contributed by atoms with E-state index in [-0.39, 0.29) is 63.1 Å². The Morgan fingerprint density at radius 1 is 0.774 bits per heavy atom. The number of carbonyl (C=O) groups is 4. The highest BCUT2D eigenvalue weighted by Gasteiger charge is 2.42. The molecule has 8 rings (SSSR count). The van der Waals surface area contributed by atoms with Gasteiger partial charge in [0.2, 0.25) is 21.7 Å². The number of nitrogens with one attached hydrogen (secondary N) is 5. The SMILES string of the molecule is COC(=O)N[C@H](C(=O)NCCCCC1=NCC(c2ccc3c(c2)Oc2ccc(C4CN=C([C@@H]5CCCN5C(=O)[C@@H](NC(=O)OC)C5CCCC5)N4)cc2S3(=O)=O)N1)C1CCCC1. The number of nitrogens with zero attached hydrogens (tertiary/aromatic N) is 3. The number of likely N-dealkylation sites (tertiary alicyclic amines) is 1. The van der Waals surface area contributed by atoms with E-state index in [0.29, 0.717) is 38.4 Å². The van der Waals surface area contributed by atoms with Crippen molar-refractivity contribution in [2.45, 2.75) is 123 Å². The van der Waals surface area contributed by atoms with Crippen LogP contribution in [-0.4, -0.2) is 108 Å². The minimum absolute atomic E-state index is 0.0579. The summed E-state index contributed by atoms with van der Waals surface area (Å²) >= 11 is 0. The molecule has 5 N–H and O–H groups in total. The van der Waals surface area contributed by atoms with E-state index in [4.69, 9.17) is 24.2 Å². The number of rotatable bonds is 14. The summed E-state index contributed by atoms with van der Waals surface area (Å²) < 4.78 is 44.0. The first-order chi connectivity index (χ1) is 30.0. The molecular weight excluding hydrogens is 817 g/mol. The van der Waals surface area contributed by atoms with Gasteiger partial charge in [-0.2, -0.15) is 0 Å². The summed E-state index contributed by atoms with van der Waals surface area (Å²) in [5.41, 5.74) is 1.60. The molecule has 2 unspecified atom stereocenters. The summed E-state index contributed by atoms with van der Waals surface area (Å²) in [6.07, 6.45) is 10.2. The van der Waals surface area contributed by atoms with Crippen LogP contribution in [0.2, 0.25) is 0 Å². The predicted octanol–water partition coefficient (Wildman–Crippen LogP) is 4.82. The molecule has 2 aromatic rings. The maximum atomic E-state index is 14.1. The van der Waals surface area contributed by atoms with Crippen molar-refractivity contribution in [3.63, 3.8) is 0 Å². The summed E-state index contributed by atoms with van der Waals surface area (Å²) in [4.78, 5) is 62.5. The Kier molecular flexibility index (Phi) is 13.2. The fraction of sp³-hybridized carbons (Fsp3) is 0.591. The first-order valence-electron chi connectivity index (χ1n) is 22.1. The highest BCUT2D eigenvalue weighted by atomic mass is 32.2. The summed E-state index contributed by atoms with van der Waals surface area (Å²) in [6.45, 7) is 1.92. The molecule has 17 nitrogen and oxygen atoms in total. The number of aliphatic imine (C=N–C) groups is 2. The molecule has 62 heavy (non-hydrogen) atoms. The Labute approximate surface area is 362 Å². The van der Waals surface area contributed by atoms with Crippen molar-refractivity contribution in [1.82, 2.24) is 31.5 Å². The number of alkyl carbamates (subject to hydrolysis) is 2. The van der Waals surface area contributed by atoms with Crippen molar-refractivity contribution in [2.24, 2.45) is 21.8 Å². The largest absolute Gasteiger partial charge is 0.455 e. The van der Waals surface area contributed by atoms with Gasteiger partial charge in [0.1, 0.15) is 39.2 Å². The highest BCUT2D eigenvalue weighted by Crippen LogP contribution is 2.45. The molecule has 5 atom stereocenters. The normalized spacial score (nSPS) is 23.7. The molecule has 4 aliphatic heterocycles. The molecule has 334 valence electrons. The van der Waals surface area contributed by atoms with E-state index >= 15 is 0 Å². The van der Waals surface area contributed by atoms with Crippen molar-refractivity contribution in [3.8, 4) is 11.5 Å². The second-order valence-corrected chi connectivity index (χ2v) is 19.1. The average Bonchev–Trinajstić information content (AvgIpc) is 4.14. The highest BCUT2D eigenvalue weighted by molar-refractivity contribution is 7.91. The molecule has 2 saturated carbocycles. The van der Waals surface area contributed by atoms with Crippen LogP contribution in [0.25, 0.3) is 0 Å². The predicted molar refractivity (Wildman–Crippen MR) is 229 cm³/mol. The Morgan fingerprint density at radius 3 is 2.15 bits per heavy atom. The van der Waals surface area contributed by atoms with Crippen LogP contribution in [0.15, 0.2) is 56.2 Å². The Hall–Kier alpha value is -5.39. The maximum absolute atomic E-state index is 14.1. The van der Waals surface area contributed by atoms with Gasteiger partial charge in [-0.3, -0.25) is 19.6 Å². The van der Waals surface area contributed by atoms with Gasteiger partial charge in [0.15, 0.2) is 0 Å². The lowest BCUT2D eigenvalue weighted by atomic mass is 9.96. The van der Waals surface area contributed by atoms with E-state index in [1.54, 1.807) is 30.3 Å². The Morgan fingerprint density at radius 2 is 1.42 bits per heavy atom. The number of fused-ring (bicyclic) bond motifs is 2. The van der Waals surface area contributed by atoms with Crippen LogP contribution >= 0.6 is 0 Å². The number of hydrogen-bond donors (Lipinski definition) is 5.